The zero-order chi connectivity index (χ0) is 16.9. The van der Waals surface area contributed by atoms with E-state index in [1.165, 1.54) is 32.1 Å². The van der Waals surface area contributed by atoms with Crippen molar-refractivity contribution in [2.75, 3.05) is 25.5 Å². The average molecular weight is 391 g/mol. The van der Waals surface area contributed by atoms with Crippen LogP contribution in [-0.4, -0.2) is 36.1 Å². The van der Waals surface area contributed by atoms with Crippen molar-refractivity contribution in [2.45, 2.75) is 44.6 Å². The molecule has 1 aliphatic carbocycles. The summed E-state index contributed by atoms with van der Waals surface area (Å²) in [5, 5.41) is 13.2. The Morgan fingerprint density at radius 3 is 2.96 bits per heavy atom. The van der Waals surface area contributed by atoms with E-state index in [9.17, 15) is 0 Å². The Hall–Kier alpha value is -1.58. The molecule has 0 atom stereocenters. The van der Waals surface area contributed by atoms with E-state index in [-0.39, 0.29) is 0 Å². The van der Waals surface area contributed by atoms with Crippen LogP contribution in [0, 0.1) is 11.3 Å². The van der Waals surface area contributed by atoms with Gasteiger partial charge in [0, 0.05) is 24.0 Å². The van der Waals surface area contributed by atoms with Crippen molar-refractivity contribution in [3.05, 3.63) is 22.5 Å². The van der Waals surface area contributed by atoms with Crippen LogP contribution < -0.4 is 5.32 Å². The molecule has 24 heavy (non-hydrogen) atoms. The van der Waals surface area contributed by atoms with Crippen LogP contribution in [0.4, 0.5) is 5.82 Å². The quantitative estimate of drug-likeness (QED) is 0.703. The van der Waals surface area contributed by atoms with Crippen molar-refractivity contribution < 1.29 is 4.42 Å². The van der Waals surface area contributed by atoms with E-state index in [1.807, 2.05) is 6.07 Å². The molecule has 5 nitrogen and oxygen atoms in total. The number of nitriles is 1. The second-order valence-corrected chi connectivity index (χ2v) is 7.27. The Labute approximate surface area is 151 Å². The monoisotopic (exact) mass is 390 g/mol. The first-order valence-corrected chi connectivity index (χ1v) is 9.40. The fraction of sp³-hybridized carbons (Fsp3) is 0.556. The third kappa shape index (κ3) is 3.90. The van der Waals surface area contributed by atoms with E-state index < -0.39 is 0 Å². The highest BCUT2D eigenvalue weighted by atomic mass is 79.9. The lowest BCUT2D eigenvalue weighted by atomic mass is 10.2. The van der Waals surface area contributed by atoms with Crippen molar-refractivity contribution in [1.29, 1.82) is 5.26 Å². The van der Waals surface area contributed by atoms with Crippen LogP contribution in [0.15, 0.2) is 21.2 Å². The molecule has 1 aliphatic rings. The maximum absolute atomic E-state index is 8.92. The summed E-state index contributed by atoms with van der Waals surface area (Å²) >= 11 is 3.56. The smallest absolute Gasteiger partial charge is 0.204 e. The van der Waals surface area contributed by atoms with Gasteiger partial charge < -0.3 is 14.6 Å². The number of furan rings is 1. The Morgan fingerprint density at radius 2 is 2.21 bits per heavy atom. The minimum absolute atomic E-state index is 0.305. The van der Waals surface area contributed by atoms with E-state index in [1.54, 1.807) is 12.3 Å². The summed E-state index contributed by atoms with van der Waals surface area (Å²) in [6.07, 6.45) is 9.46. The molecule has 2 heterocycles. The van der Waals surface area contributed by atoms with E-state index in [2.05, 4.69) is 38.2 Å². The number of anilines is 1. The van der Waals surface area contributed by atoms with Gasteiger partial charge in [0.15, 0.2) is 5.58 Å². The second kappa shape index (κ2) is 8.00. The molecular weight excluding hydrogens is 368 g/mol. The molecule has 3 rings (SSSR count). The number of nitrogens with one attached hydrogen (secondary N) is 1. The number of pyridine rings is 1. The number of nitrogens with zero attached hydrogens (tertiary/aromatic N) is 3. The molecule has 6 heteroatoms. The third-order valence-electron chi connectivity index (χ3n) is 4.80. The highest BCUT2D eigenvalue weighted by Gasteiger charge is 2.18. The average Bonchev–Trinajstić information content (AvgIpc) is 3.25. The Bertz CT molecular complexity index is 730. The van der Waals surface area contributed by atoms with Gasteiger partial charge in [0.25, 0.3) is 0 Å². The molecule has 1 saturated carbocycles. The molecule has 2 aromatic heterocycles. The van der Waals surface area contributed by atoms with E-state index in [0.717, 1.165) is 41.2 Å². The van der Waals surface area contributed by atoms with Gasteiger partial charge in [-0.1, -0.05) is 12.8 Å². The van der Waals surface area contributed by atoms with Crippen LogP contribution in [0.2, 0.25) is 0 Å². The fourth-order valence-electron chi connectivity index (χ4n) is 3.38. The van der Waals surface area contributed by atoms with Crippen molar-refractivity contribution in [1.82, 2.24) is 9.88 Å². The molecule has 1 N–H and O–H groups in total. The van der Waals surface area contributed by atoms with Crippen molar-refractivity contribution in [2.24, 2.45) is 0 Å². The SMILES string of the molecule is CN(CCCCNc1ncc2oc(C#N)cc2c1Br)C1CCCC1. The predicted molar refractivity (Wildman–Crippen MR) is 99.0 cm³/mol. The van der Waals surface area contributed by atoms with Gasteiger partial charge >= 0.3 is 0 Å². The molecule has 0 radical (unpaired) electrons. The van der Waals surface area contributed by atoms with E-state index in [4.69, 9.17) is 9.68 Å². The number of hydrogen-bond donors (Lipinski definition) is 1. The molecule has 0 saturated heterocycles. The summed E-state index contributed by atoms with van der Waals surface area (Å²) < 4.78 is 6.24. The summed E-state index contributed by atoms with van der Waals surface area (Å²) in [7, 11) is 2.25. The minimum Gasteiger partial charge on any atom is -0.444 e. The first kappa shape index (κ1) is 17.2. The molecule has 0 aromatic carbocycles. The van der Waals surface area contributed by atoms with Gasteiger partial charge in [0.2, 0.25) is 5.76 Å². The standard InChI is InChI=1S/C18H23BrN4O/c1-23(13-6-2-3-7-13)9-5-4-8-21-18-17(19)15-10-14(11-20)24-16(15)12-22-18/h10,12-13H,2-9H2,1H3,(H,21,22). The van der Waals surface area contributed by atoms with Crippen LogP contribution in [0.5, 0.6) is 0 Å². The maximum atomic E-state index is 8.92. The topological polar surface area (TPSA) is 65.1 Å². The molecule has 1 fully saturated rings. The first-order chi connectivity index (χ1) is 11.7. The molecule has 0 unspecified atom stereocenters. The fourth-order valence-corrected chi connectivity index (χ4v) is 3.93. The van der Waals surface area contributed by atoms with Crippen LogP contribution in [0.25, 0.3) is 11.0 Å². The van der Waals surface area contributed by atoms with Gasteiger partial charge in [0.1, 0.15) is 11.9 Å². The Morgan fingerprint density at radius 1 is 1.42 bits per heavy atom. The number of aromatic nitrogens is 1. The van der Waals surface area contributed by atoms with Gasteiger partial charge in [-0.2, -0.15) is 5.26 Å². The molecule has 0 aliphatic heterocycles. The Balaban J connectivity index is 1.47. The van der Waals surface area contributed by atoms with E-state index >= 15 is 0 Å². The molecule has 2 aromatic rings. The van der Waals surface area contributed by atoms with Gasteiger partial charge in [-0.3, -0.25) is 0 Å². The number of halogens is 1. The van der Waals surface area contributed by atoms with Crippen LogP contribution in [0.1, 0.15) is 44.3 Å². The van der Waals surface area contributed by atoms with Crippen LogP contribution >= 0.6 is 15.9 Å². The summed E-state index contributed by atoms with van der Waals surface area (Å²) in [4.78, 5) is 6.89. The highest BCUT2D eigenvalue weighted by Crippen LogP contribution is 2.31. The van der Waals surface area contributed by atoms with Gasteiger partial charge in [0.05, 0.1) is 10.7 Å². The normalized spacial score (nSPS) is 15.2. The first-order valence-electron chi connectivity index (χ1n) is 8.61. The lowest BCUT2D eigenvalue weighted by molar-refractivity contribution is 0.242. The molecule has 0 spiro atoms. The molecular formula is C18H23BrN4O. The largest absolute Gasteiger partial charge is 0.444 e. The van der Waals surface area contributed by atoms with Crippen molar-refractivity contribution in [3.63, 3.8) is 0 Å². The number of hydrogen-bond acceptors (Lipinski definition) is 5. The maximum Gasteiger partial charge on any atom is 0.204 e. The zero-order valence-electron chi connectivity index (χ0n) is 14.0. The van der Waals surface area contributed by atoms with Gasteiger partial charge in [-0.05, 0) is 55.2 Å². The van der Waals surface area contributed by atoms with Gasteiger partial charge in [-0.25, -0.2) is 4.98 Å². The number of fused-ring (bicyclic) bond motifs is 1. The molecule has 128 valence electrons. The second-order valence-electron chi connectivity index (χ2n) is 6.47. The summed E-state index contributed by atoms with van der Waals surface area (Å²) in [5.74, 6) is 1.11. The zero-order valence-corrected chi connectivity index (χ0v) is 15.6. The molecule has 0 amide bonds. The van der Waals surface area contributed by atoms with Crippen molar-refractivity contribution in [3.8, 4) is 6.07 Å². The van der Waals surface area contributed by atoms with E-state index in [0.29, 0.717) is 11.3 Å². The lowest BCUT2D eigenvalue weighted by Crippen LogP contribution is -2.30. The third-order valence-corrected chi connectivity index (χ3v) is 5.61. The number of rotatable bonds is 7. The van der Waals surface area contributed by atoms with Gasteiger partial charge in [-0.15, -0.1) is 0 Å². The molecule has 0 bridgehead atoms. The Kier molecular flexibility index (Phi) is 5.75. The summed E-state index contributed by atoms with van der Waals surface area (Å²) in [6, 6.07) is 4.55. The number of unbranched alkanes of at least 4 members (excludes halogenated alkanes) is 1. The highest BCUT2D eigenvalue weighted by molar-refractivity contribution is 9.10. The lowest BCUT2D eigenvalue weighted by Gasteiger charge is -2.23. The summed E-state index contributed by atoms with van der Waals surface area (Å²) in [6.45, 7) is 2.05. The van der Waals surface area contributed by atoms with Crippen LogP contribution in [0.3, 0.4) is 0 Å². The minimum atomic E-state index is 0.305. The van der Waals surface area contributed by atoms with Crippen LogP contribution in [-0.2, 0) is 0 Å². The van der Waals surface area contributed by atoms with Crippen molar-refractivity contribution >= 4 is 32.7 Å². The summed E-state index contributed by atoms with van der Waals surface area (Å²) in [5.41, 5.74) is 0.627. The predicted octanol–water partition coefficient (Wildman–Crippen LogP) is 4.53.